The Morgan fingerprint density at radius 1 is 1.00 bits per heavy atom. The largest absolute Gasteiger partial charge is 0.276 e. The predicted molar refractivity (Wildman–Crippen MR) is 75.5 cm³/mol. The Kier molecular flexibility index (Phi) is 3.97. The summed E-state index contributed by atoms with van der Waals surface area (Å²) in [6.45, 7) is 1.90. The zero-order valence-corrected chi connectivity index (χ0v) is 11.3. The fourth-order valence-corrected chi connectivity index (χ4v) is 2.27. The van der Waals surface area contributed by atoms with Crippen LogP contribution in [0.15, 0.2) is 64.6 Å². The summed E-state index contributed by atoms with van der Waals surface area (Å²) < 4.78 is 23.8. The van der Waals surface area contributed by atoms with E-state index in [0.29, 0.717) is 0 Å². The van der Waals surface area contributed by atoms with Crippen LogP contribution in [-0.2, 0) is 10.0 Å². The fraction of sp³-hybridized carbons (Fsp3) is 0.0714. The molecule has 98 valence electrons. The van der Waals surface area contributed by atoms with Gasteiger partial charge in [0.2, 0.25) is 0 Å². The summed E-state index contributed by atoms with van der Waals surface area (Å²) in [5.74, 6) is 0. The molecule has 2 rings (SSSR count). The molecule has 0 aliphatic carbocycles. The number of hydrogen-bond acceptors (Lipinski definition) is 3. The molecule has 0 aliphatic heterocycles. The summed E-state index contributed by atoms with van der Waals surface area (Å²) in [6, 6.07) is 15.9. The maximum absolute atomic E-state index is 11.9. The highest BCUT2D eigenvalue weighted by molar-refractivity contribution is 7.89. The molecule has 0 saturated carbocycles. The van der Waals surface area contributed by atoms with Crippen molar-refractivity contribution < 1.29 is 8.42 Å². The SMILES string of the molecule is Cc1ccc(S(=O)(=O)N/N=C\c2ccccc2)cc1. The molecular formula is C14H14N2O2S. The lowest BCUT2D eigenvalue weighted by Crippen LogP contribution is -2.18. The minimum absolute atomic E-state index is 0.198. The van der Waals surface area contributed by atoms with Crippen LogP contribution in [0.5, 0.6) is 0 Å². The van der Waals surface area contributed by atoms with Gasteiger partial charge in [0.05, 0.1) is 11.1 Å². The van der Waals surface area contributed by atoms with E-state index in [1.165, 1.54) is 6.21 Å². The third-order valence-electron chi connectivity index (χ3n) is 2.52. The van der Waals surface area contributed by atoms with E-state index in [1.54, 1.807) is 24.3 Å². The van der Waals surface area contributed by atoms with Crippen LogP contribution in [0.25, 0.3) is 0 Å². The molecule has 1 N–H and O–H groups in total. The molecule has 0 bridgehead atoms. The molecule has 0 fully saturated rings. The molecule has 0 amide bonds. The van der Waals surface area contributed by atoms with Crippen LogP contribution in [-0.4, -0.2) is 14.6 Å². The maximum Gasteiger partial charge on any atom is 0.276 e. The number of sulfonamides is 1. The van der Waals surface area contributed by atoms with E-state index in [4.69, 9.17) is 0 Å². The van der Waals surface area contributed by atoms with Crippen molar-refractivity contribution in [1.29, 1.82) is 0 Å². The van der Waals surface area contributed by atoms with Gasteiger partial charge in [0.1, 0.15) is 0 Å². The van der Waals surface area contributed by atoms with Crippen LogP contribution in [0.1, 0.15) is 11.1 Å². The fourth-order valence-electron chi connectivity index (χ4n) is 1.48. The molecule has 5 heteroatoms. The zero-order chi connectivity index (χ0) is 13.7. The van der Waals surface area contributed by atoms with Crippen LogP contribution in [0, 0.1) is 6.92 Å². The van der Waals surface area contributed by atoms with Gasteiger partial charge in [-0.25, -0.2) is 4.83 Å². The first kappa shape index (κ1) is 13.3. The maximum atomic E-state index is 11.9. The van der Waals surface area contributed by atoms with Crippen molar-refractivity contribution in [3.8, 4) is 0 Å². The van der Waals surface area contributed by atoms with Crippen molar-refractivity contribution in [2.45, 2.75) is 11.8 Å². The lowest BCUT2D eigenvalue weighted by atomic mass is 10.2. The topological polar surface area (TPSA) is 58.5 Å². The third-order valence-corrected chi connectivity index (χ3v) is 3.76. The van der Waals surface area contributed by atoms with Gasteiger partial charge >= 0.3 is 0 Å². The number of nitrogens with one attached hydrogen (secondary N) is 1. The molecule has 0 unspecified atom stereocenters. The van der Waals surface area contributed by atoms with Gasteiger partial charge in [0.25, 0.3) is 10.0 Å². The van der Waals surface area contributed by atoms with Crippen molar-refractivity contribution in [2.75, 3.05) is 0 Å². The van der Waals surface area contributed by atoms with E-state index in [0.717, 1.165) is 11.1 Å². The number of aryl methyl sites for hydroxylation is 1. The molecule has 0 aromatic heterocycles. The Morgan fingerprint density at radius 3 is 2.26 bits per heavy atom. The number of hydrazone groups is 1. The van der Waals surface area contributed by atoms with Gasteiger partial charge in [-0.05, 0) is 24.6 Å². The van der Waals surface area contributed by atoms with E-state index >= 15 is 0 Å². The summed E-state index contributed by atoms with van der Waals surface area (Å²) in [6.07, 6.45) is 1.46. The van der Waals surface area contributed by atoms with Gasteiger partial charge in [-0.2, -0.15) is 13.5 Å². The van der Waals surface area contributed by atoms with E-state index in [1.807, 2.05) is 37.3 Å². The van der Waals surface area contributed by atoms with E-state index < -0.39 is 10.0 Å². The minimum Gasteiger partial charge on any atom is -0.200 e. The average Bonchev–Trinajstić information content (AvgIpc) is 2.40. The van der Waals surface area contributed by atoms with Crippen LogP contribution in [0.3, 0.4) is 0 Å². The second-order valence-electron chi connectivity index (χ2n) is 4.08. The number of benzene rings is 2. The number of rotatable bonds is 4. The Bertz CT molecular complexity index is 662. The van der Waals surface area contributed by atoms with Gasteiger partial charge in [-0.15, -0.1) is 0 Å². The highest BCUT2D eigenvalue weighted by Gasteiger charge is 2.11. The lowest BCUT2D eigenvalue weighted by molar-refractivity contribution is 0.584. The van der Waals surface area contributed by atoms with Gasteiger partial charge in [-0.3, -0.25) is 0 Å². The molecule has 0 spiro atoms. The number of nitrogens with zero attached hydrogens (tertiary/aromatic N) is 1. The molecular weight excluding hydrogens is 260 g/mol. The van der Waals surface area contributed by atoms with E-state index in [-0.39, 0.29) is 4.90 Å². The molecule has 0 heterocycles. The number of hydrogen-bond donors (Lipinski definition) is 1. The van der Waals surface area contributed by atoms with Crippen molar-refractivity contribution in [3.63, 3.8) is 0 Å². The molecule has 0 radical (unpaired) electrons. The van der Waals surface area contributed by atoms with Crippen LogP contribution >= 0.6 is 0 Å². The van der Waals surface area contributed by atoms with Crippen molar-refractivity contribution in [3.05, 3.63) is 65.7 Å². The minimum atomic E-state index is -3.60. The summed E-state index contributed by atoms with van der Waals surface area (Å²) in [5.41, 5.74) is 1.83. The molecule has 0 saturated heterocycles. The highest BCUT2D eigenvalue weighted by Crippen LogP contribution is 2.09. The Labute approximate surface area is 112 Å². The van der Waals surface area contributed by atoms with E-state index in [2.05, 4.69) is 9.93 Å². The first-order chi connectivity index (χ1) is 9.08. The third kappa shape index (κ3) is 3.66. The summed E-state index contributed by atoms with van der Waals surface area (Å²) >= 11 is 0. The molecule has 2 aromatic rings. The molecule has 4 nitrogen and oxygen atoms in total. The standard InChI is InChI=1S/C14H14N2O2S/c1-12-7-9-14(10-8-12)19(17,18)16-15-11-13-5-3-2-4-6-13/h2-11,16H,1H3/b15-11-. The first-order valence-corrected chi connectivity index (χ1v) is 7.23. The Morgan fingerprint density at radius 2 is 1.63 bits per heavy atom. The average molecular weight is 274 g/mol. The van der Waals surface area contributed by atoms with Crippen LogP contribution < -0.4 is 4.83 Å². The van der Waals surface area contributed by atoms with Crippen LogP contribution in [0.4, 0.5) is 0 Å². The normalized spacial score (nSPS) is 11.6. The van der Waals surface area contributed by atoms with Crippen molar-refractivity contribution in [2.24, 2.45) is 5.10 Å². The molecule has 2 aromatic carbocycles. The summed E-state index contributed by atoms with van der Waals surface area (Å²) in [4.78, 5) is 2.38. The van der Waals surface area contributed by atoms with Gasteiger partial charge in [0.15, 0.2) is 0 Å². The Hall–Kier alpha value is -2.14. The van der Waals surface area contributed by atoms with Gasteiger partial charge < -0.3 is 0 Å². The molecule has 19 heavy (non-hydrogen) atoms. The lowest BCUT2D eigenvalue weighted by Gasteiger charge is -2.03. The summed E-state index contributed by atoms with van der Waals surface area (Å²) in [7, 11) is -3.60. The second-order valence-corrected chi connectivity index (χ2v) is 5.74. The van der Waals surface area contributed by atoms with Crippen molar-refractivity contribution in [1.82, 2.24) is 4.83 Å². The Balaban J connectivity index is 2.10. The predicted octanol–water partition coefficient (Wildman–Crippen LogP) is 2.31. The molecule has 0 atom stereocenters. The van der Waals surface area contributed by atoms with Crippen LogP contribution in [0.2, 0.25) is 0 Å². The van der Waals surface area contributed by atoms with Gasteiger partial charge in [-0.1, -0.05) is 48.0 Å². The zero-order valence-electron chi connectivity index (χ0n) is 10.4. The second kappa shape index (κ2) is 5.67. The summed E-state index contributed by atoms with van der Waals surface area (Å²) in [5, 5.41) is 3.75. The van der Waals surface area contributed by atoms with E-state index in [9.17, 15) is 8.42 Å². The monoisotopic (exact) mass is 274 g/mol. The smallest absolute Gasteiger partial charge is 0.200 e. The first-order valence-electron chi connectivity index (χ1n) is 5.74. The highest BCUT2D eigenvalue weighted by atomic mass is 32.2. The quantitative estimate of drug-likeness (QED) is 0.687. The van der Waals surface area contributed by atoms with Crippen molar-refractivity contribution >= 4 is 16.2 Å². The molecule has 0 aliphatic rings. The van der Waals surface area contributed by atoms with Gasteiger partial charge in [0, 0.05) is 0 Å².